The van der Waals surface area contributed by atoms with Crippen LogP contribution in [0.1, 0.15) is 18.4 Å². The van der Waals surface area contributed by atoms with Crippen molar-refractivity contribution in [1.29, 1.82) is 0 Å². The van der Waals surface area contributed by atoms with Gasteiger partial charge < -0.3 is 15.0 Å². The van der Waals surface area contributed by atoms with Crippen LogP contribution in [0.3, 0.4) is 0 Å². The van der Waals surface area contributed by atoms with Gasteiger partial charge in [-0.05, 0) is 24.6 Å². The molecule has 1 amide bonds. The number of ether oxygens (including phenoxy) is 1. The number of imidazole rings is 1. The Morgan fingerprint density at radius 2 is 2.00 bits per heavy atom. The molecular weight excluding hydrogens is 334 g/mol. The molecule has 0 unspecified atom stereocenters. The van der Waals surface area contributed by atoms with E-state index in [-0.39, 0.29) is 5.91 Å². The van der Waals surface area contributed by atoms with Gasteiger partial charge in [-0.25, -0.2) is 4.98 Å². The van der Waals surface area contributed by atoms with Gasteiger partial charge in [0.05, 0.1) is 18.1 Å². The SMILES string of the molecule is COc1ccccc1CNC(=O)CCCSc1nc2ccccc2[nH]1. The minimum atomic E-state index is 0.0520. The molecule has 3 rings (SSSR count). The minimum absolute atomic E-state index is 0.0520. The highest BCUT2D eigenvalue weighted by Gasteiger charge is 2.06. The fraction of sp³-hybridized carbons (Fsp3) is 0.263. The molecule has 0 saturated carbocycles. The lowest BCUT2D eigenvalue weighted by Crippen LogP contribution is -2.22. The van der Waals surface area contributed by atoms with E-state index in [0.717, 1.165) is 39.7 Å². The Balaban J connectivity index is 1.39. The highest BCUT2D eigenvalue weighted by atomic mass is 32.2. The van der Waals surface area contributed by atoms with Crippen molar-refractivity contribution in [2.45, 2.75) is 24.5 Å². The summed E-state index contributed by atoms with van der Waals surface area (Å²) in [4.78, 5) is 19.8. The van der Waals surface area contributed by atoms with E-state index in [2.05, 4.69) is 15.3 Å². The summed E-state index contributed by atoms with van der Waals surface area (Å²) in [6, 6.07) is 15.7. The van der Waals surface area contributed by atoms with Crippen LogP contribution in [0.15, 0.2) is 53.7 Å². The van der Waals surface area contributed by atoms with E-state index in [1.807, 2.05) is 48.5 Å². The fourth-order valence-corrected chi connectivity index (χ4v) is 3.36. The molecule has 3 aromatic rings. The van der Waals surface area contributed by atoms with Gasteiger partial charge in [-0.1, -0.05) is 42.1 Å². The zero-order chi connectivity index (χ0) is 17.5. The molecule has 0 saturated heterocycles. The van der Waals surface area contributed by atoms with Crippen LogP contribution in [0.2, 0.25) is 0 Å². The molecule has 0 fully saturated rings. The van der Waals surface area contributed by atoms with Crippen LogP contribution >= 0.6 is 11.8 Å². The van der Waals surface area contributed by atoms with Crippen molar-refractivity contribution < 1.29 is 9.53 Å². The summed E-state index contributed by atoms with van der Waals surface area (Å²) >= 11 is 1.64. The normalized spacial score (nSPS) is 10.8. The zero-order valence-electron chi connectivity index (χ0n) is 14.1. The number of amides is 1. The van der Waals surface area contributed by atoms with Gasteiger partial charge in [-0.15, -0.1) is 0 Å². The first kappa shape index (κ1) is 17.4. The van der Waals surface area contributed by atoms with Gasteiger partial charge in [0.1, 0.15) is 5.75 Å². The Labute approximate surface area is 151 Å². The van der Waals surface area contributed by atoms with Gasteiger partial charge in [-0.2, -0.15) is 0 Å². The van der Waals surface area contributed by atoms with Gasteiger partial charge in [0.25, 0.3) is 0 Å². The maximum Gasteiger partial charge on any atom is 0.220 e. The summed E-state index contributed by atoms with van der Waals surface area (Å²) < 4.78 is 5.29. The predicted octanol–water partition coefficient (Wildman–Crippen LogP) is 3.76. The molecule has 0 aliphatic carbocycles. The molecule has 25 heavy (non-hydrogen) atoms. The number of fused-ring (bicyclic) bond motifs is 1. The van der Waals surface area contributed by atoms with E-state index in [1.54, 1.807) is 18.9 Å². The largest absolute Gasteiger partial charge is 0.496 e. The predicted molar refractivity (Wildman–Crippen MR) is 101 cm³/mol. The standard InChI is InChI=1S/C19H21N3O2S/c1-24-17-10-5-2-7-14(17)13-20-18(23)11-6-12-25-19-21-15-8-3-4-9-16(15)22-19/h2-5,7-10H,6,11-13H2,1H3,(H,20,23)(H,21,22). The number of nitrogens with zero attached hydrogens (tertiary/aromatic N) is 1. The summed E-state index contributed by atoms with van der Waals surface area (Å²) in [5.74, 6) is 1.70. The number of carbonyl (C=O) groups is 1. The Kier molecular flexibility index (Phi) is 5.95. The summed E-state index contributed by atoms with van der Waals surface area (Å²) in [6.07, 6.45) is 1.31. The number of methoxy groups -OCH3 is 1. The first-order chi connectivity index (χ1) is 12.3. The number of nitrogens with one attached hydrogen (secondary N) is 2. The lowest BCUT2D eigenvalue weighted by atomic mass is 10.2. The van der Waals surface area contributed by atoms with Crippen molar-refractivity contribution in [2.75, 3.05) is 12.9 Å². The van der Waals surface area contributed by atoms with Crippen LogP contribution in [0, 0.1) is 0 Å². The van der Waals surface area contributed by atoms with Crippen molar-refractivity contribution in [1.82, 2.24) is 15.3 Å². The number of benzene rings is 2. The molecule has 5 nitrogen and oxygen atoms in total. The maximum absolute atomic E-state index is 12.0. The van der Waals surface area contributed by atoms with E-state index >= 15 is 0 Å². The molecule has 0 radical (unpaired) electrons. The number of rotatable bonds is 8. The molecule has 0 bridgehead atoms. The van der Waals surface area contributed by atoms with Crippen LogP contribution in [-0.4, -0.2) is 28.7 Å². The molecule has 0 spiro atoms. The summed E-state index contributed by atoms with van der Waals surface area (Å²) in [5.41, 5.74) is 2.99. The number of aromatic amines is 1. The third-order valence-electron chi connectivity index (χ3n) is 3.82. The second kappa shape index (κ2) is 8.58. The molecule has 1 heterocycles. The smallest absolute Gasteiger partial charge is 0.220 e. The van der Waals surface area contributed by atoms with Crippen LogP contribution in [0.25, 0.3) is 11.0 Å². The van der Waals surface area contributed by atoms with Gasteiger partial charge in [-0.3, -0.25) is 4.79 Å². The summed E-state index contributed by atoms with van der Waals surface area (Å²) in [5, 5.41) is 3.84. The van der Waals surface area contributed by atoms with E-state index in [0.29, 0.717) is 13.0 Å². The Hall–Kier alpha value is -2.47. The lowest BCUT2D eigenvalue weighted by molar-refractivity contribution is -0.121. The van der Waals surface area contributed by atoms with E-state index in [9.17, 15) is 4.79 Å². The monoisotopic (exact) mass is 355 g/mol. The summed E-state index contributed by atoms with van der Waals surface area (Å²) in [6.45, 7) is 0.486. The molecule has 2 aromatic carbocycles. The van der Waals surface area contributed by atoms with E-state index < -0.39 is 0 Å². The average Bonchev–Trinajstić information content (AvgIpc) is 3.06. The van der Waals surface area contributed by atoms with Crippen molar-refractivity contribution in [3.05, 3.63) is 54.1 Å². The van der Waals surface area contributed by atoms with Gasteiger partial charge in [0.2, 0.25) is 5.91 Å². The molecular formula is C19H21N3O2S. The number of aromatic nitrogens is 2. The Morgan fingerprint density at radius 3 is 2.84 bits per heavy atom. The molecule has 6 heteroatoms. The van der Waals surface area contributed by atoms with Crippen molar-refractivity contribution in [2.24, 2.45) is 0 Å². The van der Waals surface area contributed by atoms with Crippen LogP contribution in [0.4, 0.5) is 0 Å². The number of thioether (sulfide) groups is 1. The quantitative estimate of drug-likeness (QED) is 0.477. The number of H-pyrrole nitrogens is 1. The van der Waals surface area contributed by atoms with Crippen LogP contribution in [-0.2, 0) is 11.3 Å². The molecule has 2 N–H and O–H groups in total. The average molecular weight is 355 g/mol. The second-order valence-corrected chi connectivity index (χ2v) is 6.68. The first-order valence-electron chi connectivity index (χ1n) is 8.22. The third kappa shape index (κ3) is 4.76. The highest BCUT2D eigenvalue weighted by molar-refractivity contribution is 7.99. The number of hydrogen-bond donors (Lipinski definition) is 2. The number of carbonyl (C=O) groups excluding carboxylic acids is 1. The molecule has 0 aliphatic rings. The number of para-hydroxylation sites is 3. The van der Waals surface area contributed by atoms with Gasteiger partial charge in [0.15, 0.2) is 5.16 Å². The van der Waals surface area contributed by atoms with Crippen molar-refractivity contribution in [3.63, 3.8) is 0 Å². The molecule has 0 aliphatic heterocycles. The van der Waals surface area contributed by atoms with Crippen molar-refractivity contribution >= 4 is 28.7 Å². The van der Waals surface area contributed by atoms with E-state index in [1.165, 1.54) is 0 Å². The van der Waals surface area contributed by atoms with Crippen LogP contribution in [0.5, 0.6) is 5.75 Å². The highest BCUT2D eigenvalue weighted by Crippen LogP contribution is 2.20. The van der Waals surface area contributed by atoms with Crippen LogP contribution < -0.4 is 10.1 Å². The van der Waals surface area contributed by atoms with E-state index in [4.69, 9.17) is 4.74 Å². The third-order valence-corrected chi connectivity index (χ3v) is 4.78. The zero-order valence-corrected chi connectivity index (χ0v) is 14.9. The first-order valence-corrected chi connectivity index (χ1v) is 9.21. The van der Waals surface area contributed by atoms with Crippen molar-refractivity contribution in [3.8, 4) is 5.75 Å². The molecule has 1 aromatic heterocycles. The van der Waals surface area contributed by atoms with Gasteiger partial charge in [0, 0.05) is 24.3 Å². The topological polar surface area (TPSA) is 67.0 Å². The molecule has 130 valence electrons. The number of hydrogen-bond acceptors (Lipinski definition) is 4. The lowest BCUT2D eigenvalue weighted by Gasteiger charge is -2.09. The Morgan fingerprint density at radius 1 is 1.20 bits per heavy atom. The summed E-state index contributed by atoms with van der Waals surface area (Å²) in [7, 11) is 1.63. The minimum Gasteiger partial charge on any atom is -0.496 e. The fourth-order valence-electron chi connectivity index (χ4n) is 2.53. The Bertz CT molecular complexity index is 814. The molecule has 0 atom stereocenters. The van der Waals surface area contributed by atoms with Gasteiger partial charge >= 0.3 is 0 Å². The maximum atomic E-state index is 12.0. The second-order valence-electron chi connectivity index (χ2n) is 5.60.